The fourth-order valence-electron chi connectivity index (χ4n) is 1.50. The lowest BCUT2D eigenvalue weighted by Crippen LogP contribution is -2.52. The molecule has 0 bridgehead atoms. The summed E-state index contributed by atoms with van der Waals surface area (Å²) in [6, 6.07) is 0.0505. The Morgan fingerprint density at radius 1 is 1.58 bits per heavy atom. The molecule has 0 heterocycles. The first-order chi connectivity index (χ1) is 5.31. The molecule has 0 aromatic heterocycles. The minimum Gasteiger partial charge on any atom is -0.390 e. The van der Waals surface area contributed by atoms with Crippen molar-refractivity contribution >= 4 is 9.84 Å². The van der Waals surface area contributed by atoms with Gasteiger partial charge >= 0.3 is 0 Å². The summed E-state index contributed by atoms with van der Waals surface area (Å²) in [5, 5.41) is 9.60. The molecular formula is C7H15NO3S. The number of hydrogen-bond acceptors (Lipinski definition) is 4. The first kappa shape index (κ1) is 9.95. The standard InChI is InChI=1S/C7H15NO3S/c1-12(10,11)3-2-7(9)4-6(8)5-7/h6,9H,2-5,8H2,1H3. The zero-order chi connectivity index (χ0) is 9.41. The number of sulfone groups is 1. The lowest BCUT2D eigenvalue weighted by atomic mass is 9.74. The highest BCUT2D eigenvalue weighted by molar-refractivity contribution is 7.90. The molecule has 0 saturated heterocycles. The van der Waals surface area contributed by atoms with Gasteiger partial charge in [-0.2, -0.15) is 0 Å². The smallest absolute Gasteiger partial charge is 0.147 e. The van der Waals surface area contributed by atoms with Gasteiger partial charge in [0.2, 0.25) is 0 Å². The van der Waals surface area contributed by atoms with Crippen LogP contribution < -0.4 is 5.73 Å². The summed E-state index contributed by atoms with van der Waals surface area (Å²) in [5.41, 5.74) is 4.68. The van der Waals surface area contributed by atoms with Crippen LogP contribution in [0.3, 0.4) is 0 Å². The second-order valence-corrected chi connectivity index (χ2v) is 6.03. The number of hydrogen-bond donors (Lipinski definition) is 2. The van der Waals surface area contributed by atoms with Crippen LogP contribution in [0.15, 0.2) is 0 Å². The average molecular weight is 193 g/mol. The molecule has 0 radical (unpaired) electrons. The van der Waals surface area contributed by atoms with Gasteiger partial charge < -0.3 is 10.8 Å². The Balaban J connectivity index is 2.34. The van der Waals surface area contributed by atoms with Gasteiger partial charge in [0.05, 0.1) is 11.4 Å². The van der Waals surface area contributed by atoms with Crippen LogP contribution in [0.1, 0.15) is 19.3 Å². The molecule has 0 amide bonds. The maximum atomic E-state index is 10.8. The first-order valence-corrected chi connectivity index (χ1v) is 6.02. The van der Waals surface area contributed by atoms with Gasteiger partial charge in [0.1, 0.15) is 9.84 Å². The second-order valence-electron chi connectivity index (χ2n) is 3.77. The van der Waals surface area contributed by atoms with E-state index in [9.17, 15) is 13.5 Å². The molecule has 1 fully saturated rings. The highest BCUT2D eigenvalue weighted by Crippen LogP contribution is 2.33. The highest BCUT2D eigenvalue weighted by Gasteiger charge is 2.40. The predicted octanol–water partition coefficient (Wildman–Crippen LogP) is -0.727. The molecule has 1 aliphatic rings. The molecule has 5 heteroatoms. The Hall–Kier alpha value is -0.130. The van der Waals surface area contributed by atoms with Crippen molar-refractivity contribution in [3.05, 3.63) is 0 Å². The summed E-state index contributed by atoms with van der Waals surface area (Å²) in [4.78, 5) is 0. The van der Waals surface area contributed by atoms with Crippen molar-refractivity contribution in [3.8, 4) is 0 Å². The molecule has 0 atom stereocenters. The van der Waals surface area contributed by atoms with Crippen molar-refractivity contribution in [2.75, 3.05) is 12.0 Å². The van der Waals surface area contributed by atoms with Gasteiger partial charge in [-0.05, 0) is 19.3 Å². The Kier molecular flexibility index (Phi) is 2.47. The summed E-state index contributed by atoms with van der Waals surface area (Å²) in [6.07, 6.45) is 2.56. The van der Waals surface area contributed by atoms with Gasteiger partial charge in [0, 0.05) is 12.3 Å². The van der Waals surface area contributed by atoms with E-state index in [1.54, 1.807) is 0 Å². The summed E-state index contributed by atoms with van der Waals surface area (Å²) in [6.45, 7) is 0. The number of rotatable bonds is 3. The van der Waals surface area contributed by atoms with Crippen molar-refractivity contribution < 1.29 is 13.5 Å². The SMILES string of the molecule is CS(=O)(=O)CCC1(O)CC(N)C1. The molecule has 0 unspecified atom stereocenters. The normalized spacial score (nSPS) is 36.1. The molecule has 1 aliphatic carbocycles. The summed E-state index contributed by atoms with van der Waals surface area (Å²) in [5.74, 6) is 0.0518. The summed E-state index contributed by atoms with van der Waals surface area (Å²) in [7, 11) is -2.95. The monoisotopic (exact) mass is 193 g/mol. The Labute approximate surface area is 72.7 Å². The van der Waals surface area contributed by atoms with Gasteiger partial charge in [-0.15, -0.1) is 0 Å². The largest absolute Gasteiger partial charge is 0.390 e. The van der Waals surface area contributed by atoms with Crippen molar-refractivity contribution in [1.29, 1.82) is 0 Å². The Morgan fingerprint density at radius 2 is 2.08 bits per heavy atom. The molecule has 4 nitrogen and oxygen atoms in total. The molecule has 72 valence electrons. The minimum absolute atomic E-state index is 0.0505. The maximum Gasteiger partial charge on any atom is 0.147 e. The molecular weight excluding hydrogens is 178 g/mol. The molecule has 0 aromatic rings. The average Bonchev–Trinajstić information content (AvgIpc) is 1.79. The molecule has 0 spiro atoms. The Morgan fingerprint density at radius 3 is 2.42 bits per heavy atom. The molecule has 3 N–H and O–H groups in total. The van der Waals surface area contributed by atoms with Crippen molar-refractivity contribution in [2.24, 2.45) is 5.73 Å². The van der Waals surface area contributed by atoms with Crippen LogP contribution in [0.2, 0.25) is 0 Å². The molecule has 12 heavy (non-hydrogen) atoms. The third-order valence-electron chi connectivity index (χ3n) is 2.22. The molecule has 1 rings (SSSR count). The van der Waals surface area contributed by atoms with Crippen LogP contribution in [0.25, 0.3) is 0 Å². The summed E-state index contributed by atoms with van der Waals surface area (Å²) >= 11 is 0. The van der Waals surface area contributed by atoms with Gasteiger partial charge in [0.25, 0.3) is 0 Å². The fourth-order valence-corrected chi connectivity index (χ4v) is 2.25. The van der Waals surface area contributed by atoms with Gasteiger partial charge in [-0.1, -0.05) is 0 Å². The van der Waals surface area contributed by atoms with Gasteiger partial charge in [-0.3, -0.25) is 0 Å². The maximum absolute atomic E-state index is 10.8. The van der Waals surface area contributed by atoms with Crippen molar-refractivity contribution in [3.63, 3.8) is 0 Å². The van der Waals surface area contributed by atoms with E-state index in [-0.39, 0.29) is 11.8 Å². The zero-order valence-corrected chi connectivity index (χ0v) is 7.97. The fraction of sp³-hybridized carbons (Fsp3) is 1.00. The van der Waals surface area contributed by atoms with E-state index in [2.05, 4.69) is 0 Å². The highest BCUT2D eigenvalue weighted by atomic mass is 32.2. The van der Waals surface area contributed by atoms with E-state index in [0.717, 1.165) is 0 Å². The van der Waals surface area contributed by atoms with Crippen molar-refractivity contribution in [2.45, 2.75) is 30.9 Å². The predicted molar refractivity (Wildman–Crippen MR) is 46.5 cm³/mol. The van der Waals surface area contributed by atoms with Gasteiger partial charge in [0.15, 0.2) is 0 Å². The second kappa shape index (κ2) is 2.97. The van der Waals surface area contributed by atoms with E-state index in [1.165, 1.54) is 6.26 Å². The quantitative estimate of drug-likeness (QED) is 0.619. The van der Waals surface area contributed by atoms with Crippen molar-refractivity contribution in [1.82, 2.24) is 0 Å². The number of aliphatic hydroxyl groups is 1. The topological polar surface area (TPSA) is 80.4 Å². The molecule has 0 aliphatic heterocycles. The first-order valence-electron chi connectivity index (χ1n) is 3.96. The van der Waals surface area contributed by atoms with E-state index in [4.69, 9.17) is 5.73 Å². The minimum atomic E-state index is -2.95. The summed E-state index contributed by atoms with van der Waals surface area (Å²) < 4.78 is 21.5. The van der Waals surface area contributed by atoms with Crippen LogP contribution in [0, 0.1) is 0 Å². The lowest BCUT2D eigenvalue weighted by Gasteiger charge is -2.41. The van der Waals surface area contributed by atoms with Gasteiger partial charge in [-0.25, -0.2) is 8.42 Å². The number of nitrogens with two attached hydrogens (primary N) is 1. The molecule has 0 aromatic carbocycles. The Bertz CT molecular complexity index is 254. The van der Waals surface area contributed by atoms with Crippen LogP contribution >= 0.6 is 0 Å². The van der Waals surface area contributed by atoms with E-state index >= 15 is 0 Å². The third kappa shape index (κ3) is 2.73. The zero-order valence-electron chi connectivity index (χ0n) is 7.16. The van der Waals surface area contributed by atoms with Crippen LogP contribution in [0.4, 0.5) is 0 Å². The van der Waals surface area contributed by atoms with Crippen LogP contribution in [0.5, 0.6) is 0 Å². The van der Waals surface area contributed by atoms with Crippen LogP contribution in [-0.2, 0) is 9.84 Å². The lowest BCUT2D eigenvalue weighted by molar-refractivity contribution is -0.0483. The van der Waals surface area contributed by atoms with E-state index in [0.29, 0.717) is 19.3 Å². The third-order valence-corrected chi connectivity index (χ3v) is 3.17. The van der Waals surface area contributed by atoms with E-state index < -0.39 is 15.4 Å². The van der Waals surface area contributed by atoms with Crippen LogP contribution in [-0.4, -0.2) is 37.2 Å². The van der Waals surface area contributed by atoms with E-state index in [1.807, 2.05) is 0 Å². The molecule has 1 saturated carbocycles.